The number of esters is 1. The fourth-order valence-electron chi connectivity index (χ4n) is 0.848. The number of ether oxygens (including phenoxy) is 1. The number of thiazole rings is 1. The Labute approximate surface area is 92.9 Å². The quantitative estimate of drug-likeness (QED) is 0.799. The summed E-state index contributed by atoms with van der Waals surface area (Å²) in [6, 6.07) is 0. The van der Waals surface area contributed by atoms with E-state index >= 15 is 0 Å². The molecule has 0 radical (unpaired) electrons. The molecular weight excluding hydrogens is 224 g/mol. The van der Waals surface area contributed by atoms with Crippen molar-refractivity contribution in [1.82, 2.24) is 4.98 Å². The molecule has 1 rings (SSSR count). The first-order chi connectivity index (χ1) is 6.27. The molecule has 0 saturated carbocycles. The average molecular weight is 237 g/mol. The van der Waals surface area contributed by atoms with Crippen molar-refractivity contribution in [3.63, 3.8) is 0 Å². The Morgan fingerprint density at radius 3 is 3.00 bits per heavy atom. The van der Waals surface area contributed by atoms with Crippen LogP contribution in [0.1, 0.15) is 22.4 Å². The Bertz CT molecular complexity index is 291. The molecule has 0 saturated heterocycles. The monoisotopic (exact) mass is 236 g/mol. The molecule has 0 unspecified atom stereocenters. The zero-order chi connectivity index (χ0) is 9.68. The van der Waals surface area contributed by atoms with E-state index in [4.69, 9.17) is 10.5 Å². The second-order valence-electron chi connectivity index (χ2n) is 2.39. The molecule has 0 aromatic carbocycles. The highest BCUT2D eigenvalue weighted by Gasteiger charge is 2.10. The van der Waals surface area contributed by atoms with E-state index in [9.17, 15) is 4.79 Å². The molecule has 0 aliphatic carbocycles. The van der Waals surface area contributed by atoms with Crippen LogP contribution in [-0.2, 0) is 11.2 Å². The highest BCUT2D eigenvalue weighted by molar-refractivity contribution is 7.09. The number of aromatic nitrogens is 1. The third-order valence-electron chi connectivity index (χ3n) is 1.39. The molecule has 0 aliphatic heterocycles. The van der Waals surface area contributed by atoms with Gasteiger partial charge in [0.2, 0.25) is 0 Å². The maximum absolute atomic E-state index is 11.2. The summed E-state index contributed by atoms with van der Waals surface area (Å²) < 4.78 is 4.79. The average Bonchev–Trinajstić information content (AvgIpc) is 2.54. The number of carbonyl (C=O) groups is 1. The largest absolute Gasteiger partial charge is 0.461 e. The molecule has 6 heteroatoms. The van der Waals surface area contributed by atoms with Crippen LogP contribution in [0.5, 0.6) is 0 Å². The number of carbonyl (C=O) groups excluding carboxylic acids is 1. The molecule has 0 amide bonds. The fourth-order valence-corrected chi connectivity index (χ4v) is 1.63. The van der Waals surface area contributed by atoms with Gasteiger partial charge in [0.15, 0.2) is 5.69 Å². The molecule has 0 spiro atoms. The second-order valence-corrected chi connectivity index (χ2v) is 3.33. The topological polar surface area (TPSA) is 65.2 Å². The van der Waals surface area contributed by atoms with Gasteiger partial charge < -0.3 is 10.5 Å². The van der Waals surface area contributed by atoms with Crippen LogP contribution < -0.4 is 5.73 Å². The van der Waals surface area contributed by atoms with E-state index < -0.39 is 0 Å². The first-order valence-electron chi connectivity index (χ1n) is 4.09. The highest BCUT2D eigenvalue weighted by Crippen LogP contribution is 2.10. The van der Waals surface area contributed by atoms with E-state index in [0.717, 1.165) is 5.01 Å². The van der Waals surface area contributed by atoms with Crippen LogP contribution >= 0.6 is 23.7 Å². The van der Waals surface area contributed by atoms with Crippen molar-refractivity contribution in [2.24, 2.45) is 5.73 Å². The van der Waals surface area contributed by atoms with Gasteiger partial charge >= 0.3 is 5.97 Å². The SMILES string of the molecule is CCOC(=O)c1csc(CCN)n1.Cl. The smallest absolute Gasteiger partial charge is 0.357 e. The molecule has 1 aromatic rings. The van der Waals surface area contributed by atoms with Crippen LogP contribution in [0.3, 0.4) is 0 Å². The number of nitrogens with two attached hydrogens (primary N) is 1. The number of halogens is 1. The lowest BCUT2D eigenvalue weighted by Crippen LogP contribution is -2.06. The van der Waals surface area contributed by atoms with Crippen LogP contribution in [0.4, 0.5) is 0 Å². The van der Waals surface area contributed by atoms with Gasteiger partial charge in [-0.3, -0.25) is 0 Å². The first kappa shape index (κ1) is 13.4. The number of rotatable bonds is 4. The Balaban J connectivity index is 0.00000169. The van der Waals surface area contributed by atoms with Crippen molar-refractivity contribution < 1.29 is 9.53 Å². The van der Waals surface area contributed by atoms with E-state index in [1.165, 1.54) is 11.3 Å². The minimum atomic E-state index is -0.359. The summed E-state index contributed by atoms with van der Waals surface area (Å²) in [5.41, 5.74) is 5.74. The van der Waals surface area contributed by atoms with E-state index in [1.54, 1.807) is 12.3 Å². The molecular formula is C8H13ClN2O2S. The molecule has 14 heavy (non-hydrogen) atoms. The molecule has 80 valence electrons. The summed E-state index contributed by atoms with van der Waals surface area (Å²) in [5, 5.41) is 2.58. The van der Waals surface area contributed by atoms with Crippen molar-refractivity contribution in [1.29, 1.82) is 0 Å². The van der Waals surface area contributed by atoms with E-state index in [1.807, 2.05) is 0 Å². The Morgan fingerprint density at radius 1 is 1.71 bits per heavy atom. The maximum Gasteiger partial charge on any atom is 0.357 e. The minimum Gasteiger partial charge on any atom is -0.461 e. The summed E-state index contributed by atoms with van der Waals surface area (Å²) in [7, 11) is 0. The van der Waals surface area contributed by atoms with Crippen molar-refractivity contribution in [2.75, 3.05) is 13.2 Å². The Kier molecular flexibility index (Phi) is 6.44. The van der Waals surface area contributed by atoms with E-state index in [-0.39, 0.29) is 18.4 Å². The standard InChI is InChI=1S/C8H12N2O2S.ClH/c1-2-12-8(11)6-5-13-7(10-6)3-4-9;/h5H,2-4,9H2,1H3;1H. The lowest BCUT2D eigenvalue weighted by Gasteiger charge is -1.95. The minimum absolute atomic E-state index is 0. The summed E-state index contributed by atoms with van der Waals surface area (Å²) in [6.45, 7) is 2.70. The van der Waals surface area contributed by atoms with Crippen molar-refractivity contribution >= 4 is 29.7 Å². The van der Waals surface area contributed by atoms with Gasteiger partial charge in [0, 0.05) is 11.8 Å². The van der Waals surface area contributed by atoms with Gasteiger partial charge in [-0.05, 0) is 13.5 Å². The zero-order valence-electron chi connectivity index (χ0n) is 7.86. The first-order valence-corrected chi connectivity index (χ1v) is 4.97. The fraction of sp³-hybridized carbons (Fsp3) is 0.500. The molecule has 1 aromatic heterocycles. The highest BCUT2D eigenvalue weighted by atomic mass is 35.5. The van der Waals surface area contributed by atoms with Gasteiger partial charge in [-0.1, -0.05) is 0 Å². The summed E-state index contributed by atoms with van der Waals surface area (Å²) >= 11 is 1.44. The second kappa shape index (κ2) is 6.75. The lowest BCUT2D eigenvalue weighted by molar-refractivity contribution is 0.0520. The maximum atomic E-state index is 11.2. The van der Waals surface area contributed by atoms with Crippen molar-refractivity contribution in [3.8, 4) is 0 Å². The van der Waals surface area contributed by atoms with Gasteiger partial charge in [0.1, 0.15) is 0 Å². The normalized spacial score (nSPS) is 9.29. The summed E-state index contributed by atoms with van der Waals surface area (Å²) in [5.74, 6) is -0.359. The van der Waals surface area contributed by atoms with Gasteiger partial charge in [-0.25, -0.2) is 9.78 Å². The third-order valence-corrected chi connectivity index (χ3v) is 2.30. The molecule has 0 fully saturated rings. The molecule has 1 heterocycles. The molecule has 0 atom stereocenters. The van der Waals surface area contributed by atoms with Crippen molar-refractivity contribution in [3.05, 3.63) is 16.1 Å². The van der Waals surface area contributed by atoms with E-state index in [0.29, 0.717) is 25.3 Å². The Morgan fingerprint density at radius 2 is 2.43 bits per heavy atom. The van der Waals surface area contributed by atoms with Crippen LogP contribution in [0.2, 0.25) is 0 Å². The summed E-state index contributed by atoms with van der Waals surface area (Å²) in [6.07, 6.45) is 0.712. The molecule has 4 nitrogen and oxygen atoms in total. The van der Waals surface area contributed by atoms with Gasteiger partial charge in [-0.2, -0.15) is 0 Å². The molecule has 2 N–H and O–H groups in total. The summed E-state index contributed by atoms with van der Waals surface area (Å²) in [4.78, 5) is 15.2. The van der Waals surface area contributed by atoms with Gasteiger partial charge in [0.05, 0.1) is 11.6 Å². The number of hydrogen-bond acceptors (Lipinski definition) is 5. The van der Waals surface area contributed by atoms with E-state index in [2.05, 4.69) is 4.98 Å². The van der Waals surface area contributed by atoms with Gasteiger partial charge in [-0.15, -0.1) is 23.7 Å². The predicted molar refractivity (Wildman–Crippen MR) is 58.1 cm³/mol. The molecule has 0 aliphatic rings. The van der Waals surface area contributed by atoms with Crippen LogP contribution in [0.15, 0.2) is 5.38 Å². The third kappa shape index (κ3) is 3.61. The molecule has 0 bridgehead atoms. The number of nitrogens with zero attached hydrogens (tertiary/aromatic N) is 1. The van der Waals surface area contributed by atoms with Crippen molar-refractivity contribution in [2.45, 2.75) is 13.3 Å². The Hall–Kier alpha value is -0.650. The van der Waals surface area contributed by atoms with Crippen LogP contribution in [-0.4, -0.2) is 24.1 Å². The van der Waals surface area contributed by atoms with Gasteiger partial charge in [0.25, 0.3) is 0 Å². The van der Waals surface area contributed by atoms with Crippen LogP contribution in [0, 0.1) is 0 Å². The number of hydrogen-bond donors (Lipinski definition) is 1. The predicted octanol–water partition coefficient (Wildman–Crippen LogP) is 1.24. The zero-order valence-corrected chi connectivity index (χ0v) is 9.49. The van der Waals surface area contributed by atoms with Crippen LogP contribution in [0.25, 0.3) is 0 Å². The lowest BCUT2D eigenvalue weighted by atomic mass is 10.4.